The Morgan fingerprint density at radius 2 is 2.15 bits per heavy atom. The maximum Gasteiger partial charge on any atom is 0.341 e. The van der Waals surface area contributed by atoms with Crippen molar-refractivity contribution in [2.24, 2.45) is 0 Å². The van der Waals surface area contributed by atoms with Crippen molar-refractivity contribution in [3.63, 3.8) is 0 Å². The first kappa shape index (κ1) is 14.5. The van der Waals surface area contributed by atoms with Crippen LogP contribution in [0.15, 0.2) is 28.5 Å². The molecule has 0 spiro atoms. The lowest BCUT2D eigenvalue weighted by molar-refractivity contribution is 0.0694. The van der Waals surface area contributed by atoms with Gasteiger partial charge in [-0.15, -0.1) is 11.3 Å². The highest BCUT2D eigenvalue weighted by atomic mass is 32.1. The number of nitrogens with zero attached hydrogens (tertiary/aromatic N) is 2. The predicted molar refractivity (Wildman–Crippen MR) is 77.6 cm³/mol. The molecule has 2 heterocycles. The van der Waals surface area contributed by atoms with Gasteiger partial charge in [-0.25, -0.2) is 9.78 Å². The number of aromatic carboxylic acids is 1. The third kappa shape index (κ3) is 2.96. The van der Waals surface area contributed by atoms with Crippen molar-refractivity contribution in [3.05, 3.63) is 50.3 Å². The van der Waals surface area contributed by atoms with Gasteiger partial charge in [-0.3, -0.25) is 4.79 Å². The Balaban J connectivity index is 2.32. The lowest BCUT2D eigenvalue weighted by Gasteiger charge is -2.14. The lowest BCUT2D eigenvalue weighted by atomic mass is 9.93. The van der Waals surface area contributed by atoms with E-state index in [4.69, 9.17) is 5.11 Å². The summed E-state index contributed by atoms with van der Waals surface area (Å²) in [4.78, 5) is 27.4. The molecule has 0 atom stereocenters. The molecule has 2 aromatic rings. The van der Waals surface area contributed by atoms with Gasteiger partial charge in [-0.05, 0) is 12.1 Å². The number of rotatable bonds is 3. The maximum absolute atomic E-state index is 12.0. The number of carboxylic acid groups (broad SMARTS) is 1. The molecular weight excluding hydrogens is 276 g/mol. The summed E-state index contributed by atoms with van der Waals surface area (Å²) in [6.07, 6.45) is 1.58. The second-order valence-electron chi connectivity index (χ2n) is 5.54. The van der Waals surface area contributed by atoms with Crippen LogP contribution in [0, 0.1) is 0 Å². The molecule has 106 valence electrons. The molecule has 0 aromatic carbocycles. The molecule has 1 N–H and O–H groups in total. The van der Waals surface area contributed by atoms with Crippen LogP contribution in [0.3, 0.4) is 0 Å². The SMILES string of the molecule is CC(C)(C)c1csc(Cn2cccc(C(=O)O)c2=O)n1. The highest BCUT2D eigenvalue weighted by Crippen LogP contribution is 2.24. The van der Waals surface area contributed by atoms with Crippen LogP contribution in [0.25, 0.3) is 0 Å². The van der Waals surface area contributed by atoms with Crippen LogP contribution in [-0.4, -0.2) is 20.6 Å². The average molecular weight is 292 g/mol. The van der Waals surface area contributed by atoms with Crippen LogP contribution in [0.1, 0.15) is 41.8 Å². The van der Waals surface area contributed by atoms with Gasteiger partial charge in [-0.1, -0.05) is 20.8 Å². The molecule has 0 saturated carbocycles. The van der Waals surface area contributed by atoms with Crippen LogP contribution < -0.4 is 5.56 Å². The maximum atomic E-state index is 12.0. The van der Waals surface area contributed by atoms with Crippen molar-refractivity contribution in [1.82, 2.24) is 9.55 Å². The molecule has 0 bridgehead atoms. The topological polar surface area (TPSA) is 72.2 Å². The molecule has 0 unspecified atom stereocenters. The second-order valence-corrected chi connectivity index (χ2v) is 6.48. The number of aromatic nitrogens is 2. The van der Waals surface area contributed by atoms with Crippen LogP contribution in [-0.2, 0) is 12.0 Å². The summed E-state index contributed by atoms with van der Waals surface area (Å²) in [5.74, 6) is -1.21. The molecule has 0 fully saturated rings. The van der Waals surface area contributed by atoms with Gasteiger partial charge in [0.25, 0.3) is 5.56 Å². The number of thiazole rings is 1. The number of carbonyl (C=O) groups is 1. The van der Waals surface area contributed by atoms with Crippen molar-refractivity contribution in [3.8, 4) is 0 Å². The van der Waals surface area contributed by atoms with Gasteiger partial charge in [0.05, 0.1) is 12.2 Å². The summed E-state index contributed by atoms with van der Waals surface area (Å²) in [5.41, 5.74) is 0.204. The van der Waals surface area contributed by atoms with Gasteiger partial charge in [-0.2, -0.15) is 0 Å². The smallest absolute Gasteiger partial charge is 0.341 e. The zero-order valence-corrected chi connectivity index (χ0v) is 12.4. The fraction of sp³-hybridized carbons (Fsp3) is 0.357. The third-order valence-electron chi connectivity index (χ3n) is 2.88. The molecule has 20 heavy (non-hydrogen) atoms. The minimum Gasteiger partial charge on any atom is -0.477 e. The fourth-order valence-electron chi connectivity index (χ4n) is 1.70. The molecule has 0 aliphatic carbocycles. The van der Waals surface area contributed by atoms with E-state index in [2.05, 4.69) is 25.8 Å². The van der Waals surface area contributed by atoms with Crippen LogP contribution in [0.4, 0.5) is 0 Å². The first-order valence-corrected chi connectivity index (χ1v) is 7.04. The fourth-order valence-corrected chi connectivity index (χ4v) is 2.72. The Hall–Kier alpha value is -1.95. The van der Waals surface area contributed by atoms with Crippen molar-refractivity contribution < 1.29 is 9.90 Å². The number of carboxylic acids is 1. The van der Waals surface area contributed by atoms with Crippen molar-refractivity contribution in [1.29, 1.82) is 0 Å². The van der Waals surface area contributed by atoms with E-state index in [1.54, 1.807) is 12.3 Å². The van der Waals surface area contributed by atoms with E-state index in [1.807, 2.05) is 5.38 Å². The molecule has 6 heteroatoms. The first-order chi connectivity index (χ1) is 9.29. The average Bonchev–Trinajstić information content (AvgIpc) is 2.80. The van der Waals surface area contributed by atoms with Gasteiger partial charge >= 0.3 is 5.97 Å². The predicted octanol–water partition coefficient (Wildman–Crippen LogP) is 2.35. The summed E-state index contributed by atoms with van der Waals surface area (Å²) < 4.78 is 1.37. The van der Waals surface area contributed by atoms with E-state index >= 15 is 0 Å². The first-order valence-electron chi connectivity index (χ1n) is 6.16. The van der Waals surface area contributed by atoms with E-state index in [0.29, 0.717) is 6.54 Å². The van der Waals surface area contributed by atoms with Crippen molar-refractivity contribution >= 4 is 17.3 Å². The monoisotopic (exact) mass is 292 g/mol. The zero-order chi connectivity index (χ0) is 14.9. The quantitative estimate of drug-likeness (QED) is 0.942. The summed E-state index contributed by atoms with van der Waals surface area (Å²) in [6, 6.07) is 2.87. The van der Waals surface area contributed by atoms with Crippen LogP contribution in [0.2, 0.25) is 0 Å². The molecule has 0 aliphatic heterocycles. The lowest BCUT2D eigenvalue weighted by Crippen LogP contribution is -2.26. The summed E-state index contributed by atoms with van der Waals surface area (Å²) >= 11 is 1.48. The summed E-state index contributed by atoms with van der Waals surface area (Å²) in [6.45, 7) is 6.51. The minimum atomic E-state index is -1.21. The highest BCUT2D eigenvalue weighted by Gasteiger charge is 2.18. The summed E-state index contributed by atoms with van der Waals surface area (Å²) in [7, 11) is 0. The van der Waals surface area contributed by atoms with Crippen molar-refractivity contribution in [2.75, 3.05) is 0 Å². The normalized spacial score (nSPS) is 11.6. The van der Waals surface area contributed by atoms with E-state index in [9.17, 15) is 9.59 Å². The van der Waals surface area contributed by atoms with E-state index in [0.717, 1.165) is 10.7 Å². The Kier molecular flexibility index (Phi) is 3.76. The Morgan fingerprint density at radius 3 is 2.70 bits per heavy atom. The standard InChI is InChI=1S/C14H16N2O3S/c1-14(2,3)10-8-20-11(15-10)7-16-6-4-5-9(12(16)17)13(18)19/h4-6,8H,7H2,1-3H3,(H,18,19). The molecule has 0 saturated heterocycles. The van der Waals surface area contributed by atoms with Gasteiger partial charge in [0.2, 0.25) is 0 Å². The molecule has 0 radical (unpaired) electrons. The highest BCUT2D eigenvalue weighted by molar-refractivity contribution is 7.09. The molecule has 2 rings (SSSR count). The van der Waals surface area contributed by atoms with Gasteiger partial charge in [0.1, 0.15) is 10.6 Å². The number of pyridine rings is 1. The number of hydrogen-bond acceptors (Lipinski definition) is 4. The van der Waals surface area contributed by atoms with Crippen molar-refractivity contribution in [2.45, 2.75) is 32.7 Å². The van der Waals surface area contributed by atoms with Gasteiger partial charge in [0, 0.05) is 17.0 Å². The number of hydrogen-bond donors (Lipinski definition) is 1. The van der Waals surface area contributed by atoms with Crippen LogP contribution >= 0.6 is 11.3 Å². The second kappa shape index (κ2) is 5.20. The van der Waals surface area contributed by atoms with Crippen LogP contribution in [0.5, 0.6) is 0 Å². The molecule has 5 nitrogen and oxygen atoms in total. The molecule has 0 aliphatic rings. The van der Waals surface area contributed by atoms with Gasteiger partial charge < -0.3 is 9.67 Å². The zero-order valence-electron chi connectivity index (χ0n) is 11.6. The van der Waals surface area contributed by atoms with E-state index < -0.39 is 11.5 Å². The summed E-state index contributed by atoms with van der Waals surface area (Å²) in [5, 5.41) is 11.7. The Labute approximate surface area is 120 Å². The largest absolute Gasteiger partial charge is 0.477 e. The van der Waals surface area contributed by atoms with Gasteiger partial charge in [0.15, 0.2) is 0 Å². The Bertz CT molecular complexity index is 695. The van der Waals surface area contributed by atoms with E-state index in [-0.39, 0.29) is 11.0 Å². The minimum absolute atomic E-state index is 0.0391. The molecule has 2 aromatic heterocycles. The van der Waals surface area contributed by atoms with E-state index in [1.165, 1.54) is 22.0 Å². The molecular formula is C14H16N2O3S. The molecule has 0 amide bonds. The Morgan fingerprint density at radius 1 is 1.45 bits per heavy atom. The third-order valence-corrected chi connectivity index (χ3v) is 3.71.